The number of rotatable bonds is 2. The molecular weight excluding hydrogens is 174 g/mol. The van der Waals surface area contributed by atoms with Gasteiger partial charge in [0.1, 0.15) is 0 Å². The molecule has 0 aromatic heterocycles. The molecule has 0 spiro atoms. The van der Waals surface area contributed by atoms with Crippen molar-refractivity contribution >= 4 is 0 Å². The Morgan fingerprint density at radius 3 is 2.36 bits per heavy atom. The molecule has 3 atom stereocenters. The number of ether oxygens (including phenoxy) is 1. The van der Waals surface area contributed by atoms with Gasteiger partial charge in [0.15, 0.2) is 0 Å². The van der Waals surface area contributed by atoms with E-state index in [4.69, 9.17) is 4.74 Å². The summed E-state index contributed by atoms with van der Waals surface area (Å²) < 4.78 is 5.74. The zero-order valence-corrected chi connectivity index (χ0v) is 8.95. The summed E-state index contributed by atoms with van der Waals surface area (Å²) in [4.78, 5) is 2.76. The molecule has 80 valence electrons. The van der Waals surface area contributed by atoms with Crippen molar-refractivity contribution < 1.29 is 4.74 Å². The van der Waals surface area contributed by atoms with E-state index in [0.717, 1.165) is 18.7 Å². The van der Waals surface area contributed by atoms with Crippen LogP contribution in [0.1, 0.15) is 44.9 Å². The van der Waals surface area contributed by atoms with Gasteiger partial charge in [-0.1, -0.05) is 6.42 Å². The van der Waals surface area contributed by atoms with Crippen LogP contribution in [0.4, 0.5) is 0 Å². The fourth-order valence-corrected chi connectivity index (χ4v) is 3.55. The van der Waals surface area contributed by atoms with E-state index < -0.39 is 0 Å². The normalized spacial score (nSPS) is 43.3. The molecule has 0 aliphatic carbocycles. The molecule has 3 aliphatic heterocycles. The van der Waals surface area contributed by atoms with Gasteiger partial charge in [0.05, 0.1) is 6.10 Å². The van der Waals surface area contributed by atoms with Crippen LogP contribution in [0.5, 0.6) is 0 Å². The molecule has 14 heavy (non-hydrogen) atoms. The molecule has 0 N–H and O–H groups in total. The Bertz CT molecular complexity index is 184. The van der Waals surface area contributed by atoms with Crippen LogP contribution in [0.15, 0.2) is 0 Å². The monoisotopic (exact) mass is 195 g/mol. The first-order valence-electron chi connectivity index (χ1n) is 6.31. The number of fused-ring (bicyclic) bond motifs is 2. The van der Waals surface area contributed by atoms with E-state index in [1.54, 1.807) is 0 Å². The number of hydrogen-bond acceptors (Lipinski definition) is 2. The summed E-state index contributed by atoms with van der Waals surface area (Å²) in [5.41, 5.74) is 0. The van der Waals surface area contributed by atoms with Crippen molar-refractivity contribution in [2.75, 3.05) is 13.2 Å². The lowest BCUT2D eigenvalue weighted by molar-refractivity contribution is 0.0405. The maximum absolute atomic E-state index is 5.74. The Balaban J connectivity index is 1.61. The highest BCUT2D eigenvalue weighted by atomic mass is 16.5. The molecule has 0 radical (unpaired) electrons. The third-order valence-corrected chi connectivity index (χ3v) is 4.28. The van der Waals surface area contributed by atoms with E-state index >= 15 is 0 Å². The van der Waals surface area contributed by atoms with Crippen molar-refractivity contribution in [3.8, 4) is 0 Å². The van der Waals surface area contributed by atoms with Crippen LogP contribution in [0.3, 0.4) is 0 Å². The predicted octanol–water partition coefficient (Wildman–Crippen LogP) is 2.18. The van der Waals surface area contributed by atoms with E-state index in [1.807, 2.05) is 0 Å². The van der Waals surface area contributed by atoms with Crippen LogP contribution in [-0.2, 0) is 4.74 Å². The van der Waals surface area contributed by atoms with Gasteiger partial charge in [-0.05, 0) is 38.5 Å². The second-order valence-corrected chi connectivity index (χ2v) is 5.15. The first kappa shape index (κ1) is 9.17. The van der Waals surface area contributed by atoms with Crippen LogP contribution in [0, 0.1) is 0 Å². The molecule has 3 rings (SSSR count). The number of piperidine rings is 1. The average molecular weight is 195 g/mol. The minimum absolute atomic E-state index is 0.566. The number of nitrogens with zero attached hydrogens (tertiary/aromatic N) is 1. The van der Waals surface area contributed by atoms with Crippen LogP contribution < -0.4 is 0 Å². The maximum Gasteiger partial charge on any atom is 0.0703 e. The van der Waals surface area contributed by atoms with Gasteiger partial charge in [-0.2, -0.15) is 0 Å². The van der Waals surface area contributed by atoms with Gasteiger partial charge < -0.3 is 4.74 Å². The van der Waals surface area contributed by atoms with Crippen LogP contribution in [0.25, 0.3) is 0 Å². The smallest absolute Gasteiger partial charge is 0.0703 e. The minimum Gasteiger partial charge on any atom is -0.377 e. The summed E-state index contributed by atoms with van der Waals surface area (Å²) in [6.45, 7) is 2.24. The number of hydrogen-bond donors (Lipinski definition) is 0. The Morgan fingerprint density at radius 2 is 1.71 bits per heavy atom. The van der Waals surface area contributed by atoms with Crippen molar-refractivity contribution in [3.05, 3.63) is 0 Å². The zero-order valence-electron chi connectivity index (χ0n) is 8.95. The molecule has 3 fully saturated rings. The Kier molecular flexibility index (Phi) is 2.50. The lowest BCUT2D eigenvalue weighted by Crippen LogP contribution is -2.43. The first-order chi connectivity index (χ1) is 6.93. The van der Waals surface area contributed by atoms with Gasteiger partial charge >= 0.3 is 0 Å². The van der Waals surface area contributed by atoms with Crippen molar-refractivity contribution in [3.63, 3.8) is 0 Å². The van der Waals surface area contributed by atoms with Gasteiger partial charge in [0, 0.05) is 25.2 Å². The highest BCUT2D eigenvalue weighted by Crippen LogP contribution is 2.36. The van der Waals surface area contributed by atoms with Crippen molar-refractivity contribution in [2.45, 2.75) is 63.1 Å². The molecule has 0 aromatic rings. The summed E-state index contributed by atoms with van der Waals surface area (Å²) >= 11 is 0. The average Bonchev–Trinajstić information content (AvgIpc) is 2.75. The van der Waals surface area contributed by atoms with Gasteiger partial charge in [-0.15, -0.1) is 0 Å². The van der Waals surface area contributed by atoms with Crippen molar-refractivity contribution in [1.82, 2.24) is 4.90 Å². The molecule has 2 bridgehead atoms. The topological polar surface area (TPSA) is 12.5 Å². The molecule has 0 amide bonds. The second-order valence-electron chi connectivity index (χ2n) is 5.15. The molecular formula is C12H21NO. The molecule has 0 saturated carbocycles. The maximum atomic E-state index is 5.74. The van der Waals surface area contributed by atoms with Crippen LogP contribution in [-0.4, -0.2) is 36.2 Å². The zero-order chi connectivity index (χ0) is 9.38. The van der Waals surface area contributed by atoms with Crippen molar-refractivity contribution in [2.24, 2.45) is 0 Å². The van der Waals surface area contributed by atoms with Gasteiger partial charge in [-0.3, -0.25) is 4.90 Å². The molecule has 3 unspecified atom stereocenters. The Hall–Kier alpha value is -0.0800. The second kappa shape index (κ2) is 3.82. The third-order valence-electron chi connectivity index (χ3n) is 4.28. The molecule has 3 heterocycles. The molecule has 3 saturated heterocycles. The lowest BCUT2D eigenvalue weighted by atomic mass is 10.0. The van der Waals surface area contributed by atoms with E-state index in [2.05, 4.69) is 4.90 Å². The van der Waals surface area contributed by atoms with Crippen molar-refractivity contribution in [1.29, 1.82) is 0 Å². The first-order valence-corrected chi connectivity index (χ1v) is 6.31. The highest BCUT2D eigenvalue weighted by molar-refractivity contribution is 4.93. The van der Waals surface area contributed by atoms with Crippen LogP contribution in [0.2, 0.25) is 0 Å². The largest absolute Gasteiger partial charge is 0.377 e. The lowest BCUT2D eigenvalue weighted by Gasteiger charge is -2.36. The van der Waals surface area contributed by atoms with Gasteiger partial charge in [0.2, 0.25) is 0 Å². The minimum atomic E-state index is 0.566. The Morgan fingerprint density at radius 1 is 0.929 bits per heavy atom. The summed E-state index contributed by atoms with van der Waals surface area (Å²) in [5, 5.41) is 0. The molecule has 2 heteroatoms. The molecule has 2 nitrogen and oxygen atoms in total. The summed E-state index contributed by atoms with van der Waals surface area (Å²) in [6.07, 6.45) is 10.4. The summed E-state index contributed by atoms with van der Waals surface area (Å²) in [6, 6.07) is 1.83. The van der Waals surface area contributed by atoms with E-state index in [-0.39, 0.29) is 0 Å². The summed E-state index contributed by atoms with van der Waals surface area (Å²) in [7, 11) is 0. The SMILES string of the molecule is C1COC(CN2C3CCCC2CC3)C1. The summed E-state index contributed by atoms with van der Waals surface area (Å²) in [5.74, 6) is 0. The molecule has 0 aromatic carbocycles. The molecule has 3 aliphatic rings. The van der Waals surface area contributed by atoms with Crippen LogP contribution >= 0.6 is 0 Å². The quantitative estimate of drug-likeness (QED) is 0.669. The predicted molar refractivity (Wildman–Crippen MR) is 56.3 cm³/mol. The standard InChI is InChI=1S/C12H21NO/c1-3-10-6-7-11(4-1)13(10)9-12-5-2-8-14-12/h10-12H,1-9H2. The van der Waals surface area contributed by atoms with Gasteiger partial charge in [-0.25, -0.2) is 0 Å². The highest BCUT2D eigenvalue weighted by Gasteiger charge is 2.37. The third kappa shape index (κ3) is 1.59. The Labute approximate surface area is 86.6 Å². The van der Waals surface area contributed by atoms with E-state index in [0.29, 0.717) is 6.10 Å². The van der Waals surface area contributed by atoms with Gasteiger partial charge in [0.25, 0.3) is 0 Å². The van der Waals surface area contributed by atoms with E-state index in [1.165, 1.54) is 51.5 Å². The van der Waals surface area contributed by atoms with E-state index in [9.17, 15) is 0 Å². The fraction of sp³-hybridized carbons (Fsp3) is 1.00. The fourth-order valence-electron chi connectivity index (χ4n) is 3.55.